The normalized spacial score (nSPS) is 12.3. The fourth-order valence-corrected chi connectivity index (χ4v) is 4.20. The van der Waals surface area contributed by atoms with Crippen LogP contribution in [0.1, 0.15) is 98.6 Å². The molecule has 0 bridgehead atoms. The summed E-state index contributed by atoms with van der Waals surface area (Å²) in [5.41, 5.74) is 6.58. The topological polar surface area (TPSA) is 40.5 Å². The number of hydrogen-bond acceptors (Lipinski definition) is 2. The van der Waals surface area contributed by atoms with Crippen LogP contribution in [0.3, 0.4) is 0 Å². The molecule has 2 N–H and O–H groups in total. The van der Waals surface area contributed by atoms with Gasteiger partial charge in [0.05, 0.1) is 0 Å². The highest BCUT2D eigenvalue weighted by atomic mass is 16.3. The standard InChI is InChI=1S/C26H38O2/c1-6-9-12-21-19(5)16-20(17-25(21)27)23(11-8-3)24-15-14-18(4)22(26(24)28)13-10-7-2/h14-17,23,27-28H,6-13H2,1-5H3. The second-order valence-corrected chi connectivity index (χ2v) is 8.18. The van der Waals surface area contributed by atoms with Crippen LogP contribution in [-0.2, 0) is 12.8 Å². The predicted molar refractivity (Wildman–Crippen MR) is 120 cm³/mol. The monoisotopic (exact) mass is 382 g/mol. The Morgan fingerprint density at radius 3 is 2.00 bits per heavy atom. The van der Waals surface area contributed by atoms with Crippen molar-refractivity contribution in [3.63, 3.8) is 0 Å². The number of unbranched alkanes of at least 4 members (excludes halogenated alkanes) is 2. The number of phenolic OH excluding ortho intramolecular Hbond substituents is 2. The van der Waals surface area contributed by atoms with E-state index in [-0.39, 0.29) is 5.92 Å². The molecule has 2 aromatic rings. The van der Waals surface area contributed by atoms with E-state index in [1.807, 2.05) is 6.07 Å². The molecule has 2 rings (SSSR count). The van der Waals surface area contributed by atoms with Crippen molar-refractivity contribution in [3.05, 3.63) is 57.6 Å². The highest BCUT2D eigenvalue weighted by molar-refractivity contribution is 5.52. The number of aromatic hydroxyl groups is 2. The van der Waals surface area contributed by atoms with Crippen molar-refractivity contribution in [2.45, 2.75) is 91.9 Å². The third kappa shape index (κ3) is 5.10. The van der Waals surface area contributed by atoms with Gasteiger partial charge in [-0.3, -0.25) is 0 Å². The largest absolute Gasteiger partial charge is 0.508 e. The third-order valence-electron chi connectivity index (χ3n) is 5.94. The second kappa shape index (κ2) is 10.5. The fourth-order valence-electron chi connectivity index (χ4n) is 4.20. The van der Waals surface area contributed by atoms with Gasteiger partial charge in [-0.25, -0.2) is 0 Å². The van der Waals surface area contributed by atoms with Crippen molar-refractivity contribution in [2.75, 3.05) is 0 Å². The summed E-state index contributed by atoms with van der Waals surface area (Å²) in [6.45, 7) is 10.7. The molecule has 0 heterocycles. The van der Waals surface area contributed by atoms with Crippen molar-refractivity contribution in [3.8, 4) is 11.5 Å². The highest BCUT2D eigenvalue weighted by Gasteiger charge is 2.21. The predicted octanol–water partition coefficient (Wildman–Crippen LogP) is 7.33. The van der Waals surface area contributed by atoms with Crippen LogP contribution >= 0.6 is 0 Å². The minimum absolute atomic E-state index is 0.107. The van der Waals surface area contributed by atoms with Gasteiger partial charge in [-0.05, 0) is 79.8 Å². The fraction of sp³-hybridized carbons (Fsp3) is 0.538. The molecule has 0 spiro atoms. The van der Waals surface area contributed by atoms with Crippen LogP contribution in [0.4, 0.5) is 0 Å². The summed E-state index contributed by atoms with van der Waals surface area (Å²) in [5, 5.41) is 21.8. The second-order valence-electron chi connectivity index (χ2n) is 8.18. The van der Waals surface area contributed by atoms with E-state index in [0.29, 0.717) is 11.5 Å². The summed E-state index contributed by atoms with van der Waals surface area (Å²) in [5.74, 6) is 0.970. The molecule has 1 unspecified atom stereocenters. The average molecular weight is 383 g/mol. The van der Waals surface area contributed by atoms with Gasteiger partial charge in [0, 0.05) is 11.5 Å². The quantitative estimate of drug-likeness (QED) is 0.451. The molecule has 0 saturated heterocycles. The van der Waals surface area contributed by atoms with Crippen LogP contribution in [-0.4, -0.2) is 10.2 Å². The lowest BCUT2D eigenvalue weighted by atomic mass is 9.83. The van der Waals surface area contributed by atoms with Gasteiger partial charge >= 0.3 is 0 Å². The van der Waals surface area contributed by atoms with E-state index in [9.17, 15) is 10.2 Å². The van der Waals surface area contributed by atoms with Crippen molar-refractivity contribution in [1.29, 1.82) is 0 Å². The van der Waals surface area contributed by atoms with E-state index in [1.165, 1.54) is 5.56 Å². The van der Waals surface area contributed by atoms with Crippen molar-refractivity contribution < 1.29 is 10.2 Å². The first-order chi connectivity index (χ1) is 13.4. The number of hydrogen-bond donors (Lipinski definition) is 2. The first kappa shape index (κ1) is 22.3. The molecule has 0 aliphatic carbocycles. The minimum Gasteiger partial charge on any atom is -0.508 e. The molecular weight excluding hydrogens is 344 g/mol. The Morgan fingerprint density at radius 1 is 0.786 bits per heavy atom. The summed E-state index contributed by atoms with van der Waals surface area (Å²) < 4.78 is 0. The smallest absolute Gasteiger partial charge is 0.122 e. The van der Waals surface area contributed by atoms with Crippen molar-refractivity contribution >= 4 is 0 Å². The zero-order chi connectivity index (χ0) is 20.7. The maximum atomic E-state index is 11.1. The zero-order valence-corrected chi connectivity index (χ0v) is 18.4. The Balaban J connectivity index is 2.49. The van der Waals surface area contributed by atoms with E-state index in [4.69, 9.17) is 0 Å². The lowest BCUT2D eigenvalue weighted by Crippen LogP contribution is -2.05. The number of aryl methyl sites for hydroxylation is 2. The van der Waals surface area contributed by atoms with E-state index in [1.54, 1.807) is 0 Å². The molecule has 0 aromatic heterocycles. The van der Waals surface area contributed by atoms with Crippen LogP contribution in [0.15, 0.2) is 24.3 Å². The van der Waals surface area contributed by atoms with Gasteiger partial charge in [0.15, 0.2) is 0 Å². The lowest BCUT2D eigenvalue weighted by molar-refractivity contribution is 0.451. The van der Waals surface area contributed by atoms with Crippen LogP contribution in [0.25, 0.3) is 0 Å². The first-order valence-electron chi connectivity index (χ1n) is 11.1. The van der Waals surface area contributed by atoms with Gasteiger partial charge in [0.25, 0.3) is 0 Å². The average Bonchev–Trinajstić information content (AvgIpc) is 2.66. The van der Waals surface area contributed by atoms with Gasteiger partial charge in [-0.15, -0.1) is 0 Å². The molecule has 0 amide bonds. The SMILES string of the molecule is CCCCc1c(C)cc(C(CCC)c2ccc(C)c(CCCC)c2O)cc1O. The van der Waals surface area contributed by atoms with Gasteiger partial charge in [0.2, 0.25) is 0 Å². The first-order valence-corrected chi connectivity index (χ1v) is 11.1. The number of phenols is 2. The van der Waals surface area contributed by atoms with Gasteiger partial charge in [-0.1, -0.05) is 58.2 Å². The molecule has 0 fully saturated rings. The summed E-state index contributed by atoms with van der Waals surface area (Å²) in [6.07, 6.45) is 8.24. The van der Waals surface area contributed by atoms with Crippen molar-refractivity contribution in [2.24, 2.45) is 0 Å². The summed E-state index contributed by atoms with van der Waals surface area (Å²) in [4.78, 5) is 0. The number of benzene rings is 2. The molecule has 2 nitrogen and oxygen atoms in total. The third-order valence-corrected chi connectivity index (χ3v) is 5.94. The Hall–Kier alpha value is -1.96. The van der Waals surface area contributed by atoms with E-state index >= 15 is 0 Å². The summed E-state index contributed by atoms with van der Waals surface area (Å²) in [7, 11) is 0. The summed E-state index contributed by atoms with van der Waals surface area (Å²) in [6, 6.07) is 8.38. The van der Waals surface area contributed by atoms with Crippen LogP contribution in [0.2, 0.25) is 0 Å². The Bertz CT molecular complexity index is 753. The molecule has 0 saturated carbocycles. The highest BCUT2D eigenvalue weighted by Crippen LogP contribution is 2.40. The molecule has 1 atom stereocenters. The van der Waals surface area contributed by atoms with Crippen LogP contribution < -0.4 is 0 Å². The molecule has 28 heavy (non-hydrogen) atoms. The van der Waals surface area contributed by atoms with E-state index < -0.39 is 0 Å². The van der Waals surface area contributed by atoms with Gasteiger partial charge < -0.3 is 10.2 Å². The van der Waals surface area contributed by atoms with E-state index in [2.05, 4.69) is 52.8 Å². The van der Waals surface area contributed by atoms with Crippen molar-refractivity contribution in [1.82, 2.24) is 0 Å². The molecular formula is C26H38O2. The minimum atomic E-state index is 0.107. The maximum Gasteiger partial charge on any atom is 0.122 e. The van der Waals surface area contributed by atoms with E-state index in [0.717, 1.165) is 79.2 Å². The Morgan fingerprint density at radius 2 is 1.43 bits per heavy atom. The number of rotatable bonds is 10. The maximum absolute atomic E-state index is 11.1. The van der Waals surface area contributed by atoms with Gasteiger partial charge in [-0.2, -0.15) is 0 Å². The molecule has 154 valence electrons. The van der Waals surface area contributed by atoms with Crippen LogP contribution in [0.5, 0.6) is 11.5 Å². The molecule has 0 aliphatic heterocycles. The Labute approximate surface area is 171 Å². The molecule has 0 aliphatic rings. The molecule has 0 radical (unpaired) electrons. The molecule has 2 aromatic carbocycles. The molecule has 2 heteroatoms. The van der Waals surface area contributed by atoms with Crippen LogP contribution in [0, 0.1) is 13.8 Å². The summed E-state index contributed by atoms with van der Waals surface area (Å²) >= 11 is 0. The Kier molecular flexibility index (Phi) is 8.41. The van der Waals surface area contributed by atoms with Gasteiger partial charge in [0.1, 0.15) is 11.5 Å². The lowest BCUT2D eigenvalue weighted by Gasteiger charge is -2.23. The zero-order valence-electron chi connectivity index (χ0n) is 18.4.